The Morgan fingerprint density at radius 3 is 2.65 bits per heavy atom. The second kappa shape index (κ2) is 8.48. The molecule has 2 rings (SSSR count). The molecule has 0 unspecified atom stereocenters. The summed E-state index contributed by atoms with van der Waals surface area (Å²) in [5.74, 6) is -0.214. The molecule has 0 radical (unpaired) electrons. The van der Waals surface area contributed by atoms with Crippen LogP contribution in [0.5, 0.6) is 0 Å². The fourth-order valence-corrected chi connectivity index (χ4v) is 2.66. The first-order chi connectivity index (χ1) is 11.1. The minimum Gasteiger partial charge on any atom is -0.386 e. The van der Waals surface area contributed by atoms with Gasteiger partial charge in [-0.2, -0.15) is 0 Å². The number of nitrogens with one attached hydrogen (secondary N) is 1. The first-order valence-electron chi connectivity index (χ1n) is 7.32. The summed E-state index contributed by atoms with van der Waals surface area (Å²) in [6.07, 6.45) is 1.59. The third-order valence-corrected chi connectivity index (χ3v) is 4.02. The first-order valence-corrected chi connectivity index (χ1v) is 8.11. The molecule has 0 aliphatic heterocycles. The fourth-order valence-electron chi connectivity index (χ4n) is 2.03. The Balaban J connectivity index is 1.79. The Kier molecular flexibility index (Phi) is 6.35. The SMILES string of the molecule is Cc1ccc(/C=N\OCC(=O)N[C@H](C)c2ccccc2Br)cc1. The highest BCUT2D eigenvalue weighted by Gasteiger charge is 2.12. The first kappa shape index (κ1) is 17.2. The molecule has 0 aliphatic rings. The maximum absolute atomic E-state index is 11.9. The van der Waals surface area contributed by atoms with E-state index in [1.165, 1.54) is 5.56 Å². The van der Waals surface area contributed by atoms with Crippen LogP contribution in [0.25, 0.3) is 0 Å². The van der Waals surface area contributed by atoms with E-state index in [-0.39, 0.29) is 18.6 Å². The van der Waals surface area contributed by atoms with Crippen LogP contribution >= 0.6 is 15.9 Å². The van der Waals surface area contributed by atoms with Crippen LogP contribution in [0.4, 0.5) is 0 Å². The van der Waals surface area contributed by atoms with Crippen LogP contribution in [0.1, 0.15) is 29.7 Å². The lowest BCUT2D eigenvalue weighted by molar-refractivity contribution is -0.126. The molecule has 4 nitrogen and oxygen atoms in total. The van der Waals surface area contributed by atoms with Gasteiger partial charge in [-0.1, -0.05) is 69.1 Å². The molecular weight excluding hydrogens is 356 g/mol. The van der Waals surface area contributed by atoms with Crippen LogP contribution in [-0.4, -0.2) is 18.7 Å². The standard InChI is InChI=1S/C18H19BrN2O2/c1-13-7-9-15(10-8-13)11-20-23-12-18(22)21-14(2)16-5-3-4-6-17(16)19/h3-11,14H,12H2,1-2H3,(H,21,22)/b20-11-/t14-/m1/s1. The zero-order valence-corrected chi connectivity index (χ0v) is 14.7. The number of carbonyl (C=O) groups excluding carboxylic acids is 1. The number of aryl methyl sites for hydroxylation is 1. The normalized spacial score (nSPS) is 12.1. The van der Waals surface area contributed by atoms with Gasteiger partial charge < -0.3 is 10.2 Å². The molecule has 2 aromatic carbocycles. The van der Waals surface area contributed by atoms with Gasteiger partial charge in [0, 0.05) is 4.47 Å². The molecule has 1 atom stereocenters. The molecule has 0 saturated heterocycles. The van der Waals surface area contributed by atoms with Crippen molar-refractivity contribution < 1.29 is 9.63 Å². The number of hydrogen-bond acceptors (Lipinski definition) is 3. The van der Waals surface area contributed by atoms with Crippen molar-refractivity contribution in [2.45, 2.75) is 19.9 Å². The van der Waals surface area contributed by atoms with Crippen molar-refractivity contribution in [2.24, 2.45) is 5.16 Å². The van der Waals surface area contributed by atoms with Gasteiger partial charge in [-0.05, 0) is 31.0 Å². The van der Waals surface area contributed by atoms with Crippen LogP contribution in [0, 0.1) is 6.92 Å². The van der Waals surface area contributed by atoms with E-state index in [2.05, 4.69) is 26.4 Å². The van der Waals surface area contributed by atoms with Gasteiger partial charge in [-0.3, -0.25) is 4.79 Å². The molecule has 1 N–H and O–H groups in total. The third kappa shape index (κ3) is 5.53. The van der Waals surface area contributed by atoms with Gasteiger partial charge in [0.2, 0.25) is 0 Å². The fraction of sp³-hybridized carbons (Fsp3) is 0.222. The van der Waals surface area contributed by atoms with Crippen molar-refractivity contribution in [3.05, 3.63) is 69.7 Å². The Morgan fingerprint density at radius 1 is 1.26 bits per heavy atom. The van der Waals surface area contributed by atoms with E-state index in [1.54, 1.807) is 6.21 Å². The van der Waals surface area contributed by atoms with Crippen molar-refractivity contribution in [3.8, 4) is 0 Å². The predicted molar refractivity (Wildman–Crippen MR) is 95.4 cm³/mol. The van der Waals surface area contributed by atoms with Crippen molar-refractivity contribution in [3.63, 3.8) is 0 Å². The quantitative estimate of drug-likeness (QED) is 0.613. The second-order valence-electron chi connectivity index (χ2n) is 5.23. The lowest BCUT2D eigenvalue weighted by Gasteiger charge is -2.15. The summed E-state index contributed by atoms with van der Waals surface area (Å²) >= 11 is 3.48. The average molecular weight is 375 g/mol. The largest absolute Gasteiger partial charge is 0.386 e. The van der Waals surface area contributed by atoms with Crippen molar-refractivity contribution in [1.29, 1.82) is 0 Å². The molecule has 2 aromatic rings. The molecule has 0 fully saturated rings. The molecule has 0 spiro atoms. The van der Waals surface area contributed by atoms with Crippen LogP contribution in [0.2, 0.25) is 0 Å². The number of nitrogens with zero attached hydrogens (tertiary/aromatic N) is 1. The molecule has 5 heteroatoms. The number of hydrogen-bond donors (Lipinski definition) is 1. The summed E-state index contributed by atoms with van der Waals surface area (Å²) in [7, 11) is 0. The zero-order chi connectivity index (χ0) is 16.7. The number of oxime groups is 1. The van der Waals surface area contributed by atoms with Gasteiger partial charge in [-0.15, -0.1) is 0 Å². The van der Waals surface area contributed by atoms with Crippen molar-refractivity contribution in [1.82, 2.24) is 5.32 Å². The molecule has 23 heavy (non-hydrogen) atoms. The maximum Gasteiger partial charge on any atom is 0.261 e. The molecule has 1 amide bonds. The highest BCUT2D eigenvalue weighted by Crippen LogP contribution is 2.22. The third-order valence-electron chi connectivity index (χ3n) is 3.30. The Morgan fingerprint density at radius 2 is 1.96 bits per heavy atom. The van der Waals surface area contributed by atoms with Gasteiger partial charge in [0.1, 0.15) is 0 Å². The summed E-state index contributed by atoms with van der Waals surface area (Å²) in [6.45, 7) is 3.83. The van der Waals surface area contributed by atoms with E-state index >= 15 is 0 Å². The predicted octanol–water partition coefficient (Wildman–Crippen LogP) is 3.99. The Hall–Kier alpha value is -2.14. The Labute approximate surface area is 144 Å². The molecule has 0 heterocycles. The highest BCUT2D eigenvalue weighted by atomic mass is 79.9. The van der Waals surface area contributed by atoms with E-state index in [0.29, 0.717) is 0 Å². The number of amides is 1. The minimum absolute atomic E-state index is 0.109. The van der Waals surface area contributed by atoms with Crippen molar-refractivity contribution in [2.75, 3.05) is 6.61 Å². The zero-order valence-electron chi connectivity index (χ0n) is 13.1. The minimum atomic E-state index is -0.214. The van der Waals surface area contributed by atoms with Gasteiger partial charge in [-0.25, -0.2) is 0 Å². The summed E-state index contributed by atoms with van der Waals surface area (Å²) in [5.41, 5.74) is 3.13. The maximum atomic E-state index is 11.9. The highest BCUT2D eigenvalue weighted by molar-refractivity contribution is 9.10. The van der Waals surface area contributed by atoms with Gasteiger partial charge in [0.25, 0.3) is 5.91 Å². The monoisotopic (exact) mass is 374 g/mol. The second-order valence-corrected chi connectivity index (χ2v) is 6.08. The van der Waals surface area contributed by atoms with Gasteiger partial charge in [0.05, 0.1) is 12.3 Å². The molecule has 0 aromatic heterocycles. The van der Waals surface area contributed by atoms with Crippen LogP contribution < -0.4 is 5.32 Å². The van der Waals surface area contributed by atoms with E-state index in [4.69, 9.17) is 4.84 Å². The molecule has 0 saturated carbocycles. The number of halogens is 1. The summed E-state index contributed by atoms with van der Waals surface area (Å²) in [6, 6.07) is 15.5. The van der Waals surface area contributed by atoms with E-state index in [9.17, 15) is 4.79 Å². The van der Waals surface area contributed by atoms with Crippen molar-refractivity contribution >= 4 is 28.1 Å². The topological polar surface area (TPSA) is 50.7 Å². The lowest BCUT2D eigenvalue weighted by Crippen LogP contribution is -2.29. The number of benzene rings is 2. The van der Waals surface area contributed by atoms with Gasteiger partial charge in [0.15, 0.2) is 6.61 Å². The number of carbonyl (C=O) groups is 1. The molecule has 120 valence electrons. The number of rotatable bonds is 6. The van der Waals surface area contributed by atoms with E-state index < -0.39 is 0 Å². The van der Waals surface area contributed by atoms with Gasteiger partial charge >= 0.3 is 0 Å². The van der Waals surface area contributed by atoms with Crippen LogP contribution in [0.15, 0.2) is 58.2 Å². The summed E-state index contributed by atoms with van der Waals surface area (Å²) < 4.78 is 0.964. The van der Waals surface area contributed by atoms with E-state index in [1.807, 2.05) is 62.4 Å². The average Bonchev–Trinajstić information content (AvgIpc) is 2.53. The smallest absolute Gasteiger partial charge is 0.261 e. The van der Waals surface area contributed by atoms with Crippen LogP contribution in [0.3, 0.4) is 0 Å². The summed E-state index contributed by atoms with van der Waals surface area (Å²) in [4.78, 5) is 16.9. The van der Waals surface area contributed by atoms with Crippen LogP contribution in [-0.2, 0) is 9.63 Å². The lowest BCUT2D eigenvalue weighted by atomic mass is 10.1. The van der Waals surface area contributed by atoms with E-state index in [0.717, 1.165) is 15.6 Å². The summed E-state index contributed by atoms with van der Waals surface area (Å²) in [5, 5.41) is 6.69. The molecule has 0 bridgehead atoms. The Bertz CT molecular complexity index is 684. The molecular formula is C18H19BrN2O2. The molecule has 0 aliphatic carbocycles.